The summed E-state index contributed by atoms with van der Waals surface area (Å²) in [5.41, 5.74) is 0.218. The van der Waals surface area contributed by atoms with E-state index in [-0.39, 0.29) is 23.2 Å². The number of rotatable bonds is 3. The number of anilines is 1. The van der Waals surface area contributed by atoms with Crippen LogP contribution in [0.15, 0.2) is 18.2 Å². The van der Waals surface area contributed by atoms with Crippen LogP contribution in [0.25, 0.3) is 0 Å². The average molecular weight is 285 g/mol. The van der Waals surface area contributed by atoms with Gasteiger partial charge >= 0.3 is 11.7 Å². The zero-order valence-electron chi connectivity index (χ0n) is 10.2. The van der Waals surface area contributed by atoms with E-state index in [1.54, 1.807) is 17.0 Å². The molecule has 0 radical (unpaired) electrons. The van der Waals surface area contributed by atoms with Gasteiger partial charge in [0.1, 0.15) is 10.7 Å². The lowest BCUT2D eigenvalue weighted by Crippen LogP contribution is -2.23. The highest BCUT2D eigenvalue weighted by molar-refractivity contribution is 6.33. The van der Waals surface area contributed by atoms with Crippen molar-refractivity contribution < 1.29 is 14.8 Å². The van der Waals surface area contributed by atoms with E-state index >= 15 is 0 Å². The van der Waals surface area contributed by atoms with Crippen molar-refractivity contribution in [1.82, 2.24) is 0 Å². The first kappa shape index (κ1) is 13.6. The molecule has 6 nitrogen and oxygen atoms in total. The van der Waals surface area contributed by atoms with Gasteiger partial charge in [-0.2, -0.15) is 0 Å². The second-order valence-electron chi connectivity index (χ2n) is 4.69. The monoisotopic (exact) mass is 284 g/mol. The molecule has 0 bridgehead atoms. The first-order valence-corrected chi connectivity index (χ1v) is 6.20. The summed E-state index contributed by atoms with van der Waals surface area (Å²) in [5.74, 6) is -1.45. The van der Waals surface area contributed by atoms with Crippen LogP contribution in [0.2, 0.25) is 5.02 Å². The van der Waals surface area contributed by atoms with Gasteiger partial charge in [-0.25, -0.2) is 0 Å². The van der Waals surface area contributed by atoms with Crippen molar-refractivity contribution in [3.8, 4) is 0 Å². The van der Waals surface area contributed by atoms with Crippen LogP contribution in [-0.2, 0) is 4.79 Å². The van der Waals surface area contributed by atoms with Gasteiger partial charge in [0, 0.05) is 13.1 Å². The van der Waals surface area contributed by atoms with Gasteiger partial charge in [0.15, 0.2) is 0 Å². The van der Waals surface area contributed by atoms with Crippen LogP contribution >= 0.6 is 11.6 Å². The highest BCUT2D eigenvalue weighted by Crippen LogP contribution is 2.38. The molecule has 0 amide bonds. The lowest BCUT2D eigenvalue weighted by Gasteiger charge is -2.18. The second kappa shape index (κ2) is 5.05. The molecule has 0 saturated carbocycles. The van der Waals surface area contributed by atoms with Gasteiger partial charge in [-0.15, -0.1) is 0 Å². The quantitative estimate of drug-likeness (QED) is 0.680. The summed E-state index contributed by atoms with van der Waals surface area (Å²) < 4.78 is 0. The van der Waals surface area contributed by atoms with Crippen molar-refractivity contribution in [2.75, 3.05) is 18.0 Å². The van der Waals surface area contributed by atoms with Crippen LogP contribution in [0.4, 0.5) is 11.4 Å². The molecular weight excluding hydrogens is 272 g/mol. The predicted molar refractivity (Wildman–Crippen MR) is 70.6 cm³/mol. The maximum atomic E-state index is 11.1. The number of carboxylic acid groups (broad SMARTS) is 1. The summed E-state index contributed by atoms with van der Waals surface area (Å²) in [6.07, 6.45) is 0. The number of carbonyl (C=O) groups is 1. The molecule has 1 saturated heterocycles. The number of benzene rings is 1. The van der Waals surface area contributed by atoms with Crippen LogP contribution in [0, 0.1) is 22.0 Å². The van der Waals surface area contributed by atoms with E-state index in [1.807, 2.05) is 6.92 Å². The molecule has 1 heterocycles. The Hall–Kier alpha value is -1.82. The number of halogens is 1. The van der Waals surface area contributed by atoms with Crippen molar-refractivity contribution in [2.24, 2.45) is 11.8 Å². The smallest absolute Gasteiger partial charge is 0.310 e. The average Bonchev–Trinajstić information content (AvgIpc) is 2.70. The Kier molecular flexibility index (Phi) is 3.61. The van der Waals surface area contributed by atoms with E-state index in [1.165, 1.54) is 6.07 Å². The molecule has 0 aliphatic carbocycles. The molecule has 0 spiro atoms. The minimum absolute atomic E-state index is 0.0592. The standard InChI is InChI=1S/C12H13ClN2O4/c1-7-5-14(6-8(7)12(16)17)10-4-2-3-9(13)11(10)15(18)19/h2-4,7-8H,5-6H2,1H3,(H,16,17). The van der Waals surface area contributed by atoms with E-state index in [2.05, 4.69) is 0 Å². The van der Waals surface area contributed by atoms with E-state index in [0.29, 0.717) is 12.2 Å². The third-order valence-electron chi connectivity index (χ3n) is 3.42. The summed E-state index contributed by atoms with van der Waals surface area (Å²) in [6.45, 7) is 2.56. The Bertz CT molecular complexity index is 534. The predicted octanol–water partition coefficient (Wildman–Crippen LogP) is 2.41. The number of nitro benzene ring substituents is 1. The topological polar surface area (TPSA) is 83.7 Å². The zero-order valence-corrected chi connectivity index (χ0v) is 11.0. The number of nitrogens with zero attached hydrogens (tertiary/aromatic N) is 2. The fourth-order valence-corrected chi connectivity index (χ4v) is 2.66. The highest BCUT2D eigenvalue weighted by Gasteiger charge is 2.37. The number of para-hydroxylation sites is 1. The summed E-state index contributed by atoms with van der Waals surface area (Å²) in [7, 11) is 0. The van der Waals surface area contributed by atoms with Gasteiger partial charge in [0.2, 0.25) is 0 Å². The Labute approximate surface area is 114 Å². The first-order valence-electron chi connectivity index (χ1n) is 5.82. The Morgan fingerprint density at radius 2 is 2.21 bits per heavy atom. The van der Waals surface area contributed by atoms with Crippen molar-refractivity contribution in [2.45, 2.75) is 6.92 Å². The Morgan fingerprint density at radius 3 is 2.74 bits per heavy atom. The normalized spacial score (nSPS) is 22.5. The molecule has 1 aromatic carbocycles. The van der Waals surface area contributed by atoms with Gasteiger partial charge in [-0.1, -0.05) is 24.6 Å². The molecule has 0 aromatic heterocycles. The lowest BCUT2D eigenvalue weighted by atomic mass is 9.99. The molecular formula is C12H13ClN2O4. The van der Waals surface area contributed by atoms with Crippen molar-refractivity contribution in [3.05, 3.63) is 33.3 Å². The van der Waals surface area contributed by atoms with E-state index < -0.39 is 16.8 Å². The van der Waals surface area contributed by atoms with Gasteiger partial charge in [0.25, 0.3) is 0 Å². The minimum atomic E-state index is -0.875. The maximum absolute atomic E-state index is 11.1. The molecule has 102 valence electrons. The lowest BCUT2D eigenvalue weighted by molar-refractivity contribution is -0.384. The van der Waals surface area contributed by atoms with Crippen molar-refractivity contribution in [1.29, 1.82) is 0 Å². The molecule has 1 fully saturated rings. The maximum Gasteiger partial charge on any atom is 0.310 e. The molecule has 1 aromatic rings. The van der Waals surface area contributed by atoms with Gasteiger partial charge in [0.05, 0.1) is 10.8 Å². The fourth-order valence-electron chi connectivity index (χ4n) is 2.42. The number of aliphatic carboxylic acids is 1. The summed E-state index contributed by atoms with van der Waals surface area (Å²) >= 11 is 5.85. The molecule has 19 heavy (non-hydrogen) atoms. The largest absolute Gasteiger partial charge is 0.481 e. The van der Waals surface area contributed by atoms with Crippen LogP contribution in [-0.4, -0.2) is 29.1 Å². The fraction of sp³-hybridized carbons (Fsp3) is 0.417. The SMILES string of the molecule is CC1CN(c2cccc(Cl)c2[N+](=O)[O-])CC1C(=O)O. The summed E-state index contributed by atoms with van der Waals surface area (Å²) in [5, 5.41) is 20.2. The minimum Gasteiger partial charge on any atom is -0.481 e. The Balaban J connectivity index is 2.37. The Morgan fingerprint density at radius 1 is 1.53 bits per heavy atom. The van der Waals surface area contributed by atoms with E-state index in [4.69, 9.17) is 16.7 Å². The summed E-state index contributed by atoms with van der Waals surface area (Å²) in [4.78, 5) is 23.3. The van der Waals surface area contributed by atoms with E-state index in [9.17, 15) is 14.9 Å². The zero-order chi connectivity index (χ0) is 14.2. The van der Waals surface area contributed by atoms with E-state index in [0.717, 1.165) is 0 Å². The molecule has 2 unspecified atom stereocenters. The molecule has 1 N–H and O–H groups in total. The van der Waals surface area contributed by atoms with Crippen LogP contribution < -0.4 is 4.90 Å². The van der Waals surface area contributed by atoms with Crippen LogP contribution in [0.3, 0.4) is 0 Å². The van der Waals surface area contributed by atoms with Gasteiger partial charge in [-0.05, 0) is 18.1 Å². The second-order valence-corrected chi connectivity index (χ2v) is 5.10. The highest BCUT2D eigenvalue weighted by atomic mass is 35.5. The van der Waals surface area contributed by atoms with Crippen LogP contribution in [0.1, 0.15) is 6.92 Å². The van der Waals surface area contributed by atoms with Gasteiger partial charge in [-0.3, -0.25) is 14.9 Å². The van der Waals surface area contributed by atoms with Crippen molar-refractivity contribution >= 4 is 28.9 Å². The third kappa shape index (κ3) is 2.49. The first-order chi connectivity index (χ1) is 8.91. The number of nitro groups is 1. The molecule has 1 aliphatic rings. The molecule has 7 heteroatoms. The van der Waals surface area contributed by atoms with Crippen molar-refractivity contribution in [3.63, 3.8) is 0 Å². The van der Waals surface area contributed by atoms with Gasteiger partial charge < -0.3 is 10.0 Å². The van der Waals surface area contributed by atoms with Crippen LogP contribution in [0.5, 0.6) is 0 Å². The number of hydrogen-bond acceptors (Lipinski definition) is 4. The third-order valence-corrected chi connectivity index (χ3v) is 3.72. The molecule has 1 aliphatic heterocycles. The molecule has 2 rings (SSSR count). The molecule has 2 atom stereocenters. The number of hydrogen-bond donors (Lipinski definition) is 1. The summed E-state index contributed by atoms with van der Waals surface area (Å²) in [6, 6.07) is 4.68. The number of carboxylic acids is 1.